The molecule has 2 heterocycles. The van der Waals surface area contributed by atoms with Gasteiger partial charge in [-0.1, -0.05) is 12.1 Å². The van der Waals surface area contributed by atoms with Crippen molar-refractivity contribution in [3.05, 3.63) is 95.3 Å². The number of benzene rings is 2. The van der Waals surface area contributed by atoms with E-state index in [0.717, 1.165) is 0 Å². The summed E-state index contributed by atoms with van der Waals surface area (Å²) in [6.07, 6.45) is 2.92. The Morgan fingerprint density at radius 1 is 1.09 bits per heavy atom. The fourth-order valence-electron chi connectivity index (χ4n) is 3.69. The maximum absolute atomic E-state index is 13.1. The highest BCUT2D eigenvalue weighted by atomic mass is 16.5. The molecule has 1 fully saturated rings. The van der Waals surface area contributed by atoms with Crippen LogP contribution in [0.15, 0.2) is 78.6 Å². The number of esters is 1. The lowest BCUT2D eigenvalue weighted by Crippen LogP contribution is -2.29. The third-order valence-electron chi connectivity index (χ3n) is 5.11. The van der Waals surface area contributed by atoms with Crippen LogP contribution in [-0.2, 0) is 14.4 Å². The van der Waals surface area contributed by atoms with Crippen molar-refractivity contribution < 1.29 is 24.2 Å². The van der Waals surface area contributed by atoms with Crippen molar-refractivity contribution in [1.82, 2.24) is 4.98 Å². The summed E-state index contributed by atoms with van der Waals surface area (Å²) in [6, 6.07) is 16.6. The second-order valence-corrected chi connectivity index (χ2v) is 7.23. The fraction of sp³-hybridized carbons (Fsp3) is 0.0800. The minimum absolute atomic E-state index is 0.115. The van der Waals surface area contributed by atoms with Gasteiger partial charge in [-0.15, -0.1) is 0 Å². The molecule has 0 aliphatic carbocycles. The Hall–Kier alpha value is -4.77. The normalized spacial score (nSPS) is 17.0. The van der Waals surface area contributed by atoms with Gasteiger partial charge in [0.1, 0.15) is 11.5 Å². The van der Waals surface area contributed by atoms with E-state index in [2.05, 4.69) is 4.98 Å². The van der Waals surface area contributed by atoms with E-state index < -0.39 is 23.7 Å². The minimum Gasteiger partial charge on any atom is -0.507 e. The van der Waals surface area contributed by atoms with E-state index in [0.29, 0.717) is 22.4 Å². The van der Waals surface area contributed by atoms with Gasteiger partial charge in [0.2, 0.25) is 0 Å². The van der Waals surface area contributed by atoms with Crippen molar-refractivity contribution in [1.29, 1.82) is 5.26 Å². The number of nitriles is 1. The fourth-order valence-corrected chi connectivity index (χ4v) is 3.69. The molecule has 8 heteroatoms. The molecule has 0 radical (unpaired) electrons. The standard InChI is InChI=1S/C25H17N3O5/c1-15(29)33-20-4-2-3-18(13-20)22-21(23(30)17-9-11-27-12-10-17)24(31)25(32)28(22)19-7-5-16(14-26)6-8-19/h2-13,22,30H,1H3/b23-21-. The number of Topliss-reactive ketones (excluding diaryl/α,β-unsaturated/α-hetero) is 1. The third-order valence-corrected chi connectivity index (χ3v) is 5.11. The molecule has 1 amide bonds. The van der Waals surface area contributed by atoms with Crippen molar-refractivity contribution in [3.8, 4) is 11.8 Å². The summed E-state index contributed by atoms with van der Waals surface area (Å²) in [5, 5.41) is 20.1. The average Bonchev–Trinajstić information content (AvgIpc) is 3.09. The molecule has 1 unspecified atom stereocenters. The number of rotatable bonds is 4. The summed E-state index contributed by atoms with van der Waals surface area (Å²) in [7, 11) is 0. The zero-order valence-corrected chi connectivity index (χ0v) is 17.4. The molecule has 1 aliphatic heterocycles. The minimum atomic E-state index is -0.999. The van der Waals surface area contributed by atoms with Crippen LogP contribution in [0.25, 0.3) is 5.76 Å². The molecular weight excluding hydrogens is 422 g/mol. The molecule has 1 saturated heterocycles. The summed E-state index contributed by atoms with van der Waals surface area (Å²) in [5.41, 5.74) is 1.42. The summed E-state index contributed by atoms with van der Waals surface area (Å²) in [4.78, 5) is 42.8. The highest BCUT2D eigenvalue weighted by Crippen LogP contribution is 2.42. The first-order valence-electron chi connectivity index (χ1n) is 9.90. The molecule has 0 bridgehead atoms. The highest BCUT2D eigenvalue weighted by molar-refractivity contribution is 6.51. The summed E-state index contributed by atoms with van der Waals surface area (Å²) in [5.74, 6) is -2.34. The Bertz CT molecular complexity index is 1320. The third kappa shape index (κ3) is 4.07. The average molecular weight is 439 g/mol. The first-order valence-corrected chi connectivity index (χ1v) is 9.90. The van der Waals surface area contributed by atoms with Crippen LogP contribution in [0, 0.1) is 11.3 Å². The molecule has 8 nitrogen and oxygen atoms in total. The van der Waals surface area contributed by atoms with Gasteiger partial charge in [-0.3, -0.25) is 24.3 Å². The number of carbonyl (C=O) groups excluding carboxylic acids is 3. The van der Waals surface area contributed by atoms with E-state index >= 15 is 0 Å². The number of aliphatic hydroxyl groups is 1. The largest absolute Gasteiger partial charge is 0.507 e. The van der Waals surface area contributed by atoms with Gasteiger partial charge in [0, 0.05) is 30.6 Å². The molecular formula is C25H17N3O5. The van der Waals surface area contributed by atoms with E-state index in [4.69, 9.17) is 10.00 Å². The van der Waals surface area contributed by atoms with Crippen molar-refractivity contribution in [2.45, 2.75) is 13.0 Å². The number of hydrogen-bond acceptors (Lipinski definition) is 7. The van der Waals surface area contributed by atoms with Crippen molar-refractivity contribution in [2.75, 3.05) is 4.90 Å². The zero-order chi connectivity index (χ0) is 23.5. The number of nitrogens with zero attached hydrogens (tertiary/aromatic N) is 3. The molecule has 0 saturated carbocycles. The highest BCUT2D eigenvalue weighted by Gasteiger charge is 2.47. The zero-order valence-electron chi connectivity index (χ0n) is 17.4. The molecule has 162 valence electrons. The molecule has 1 N–H and O–H groups in total. The Morgan fingerprint density at radius 3 is 2.42 bits per heavy atom. The summed E-state index contributed by atoms with van der Waals surface area (Å²) >= 11 is 0. The lowest BCUT2D eigenvalue weighted by molar-refractivity contribution is -0.132. The van der Waals surface area contributed by atoms with Crippen LogP contribution < -0.4 is 9.64 Å². The van der Waals surface area contributed by atoms with E-state index in [1.165, 1.54) is 54.5 Å². The van der Waals surface area contributed by atoms with E-state index in [1.807, 2.05) is 6.07 Å². The quantitative estimate of drug-likeness (QED) is 0.217. The second-order valence-electron chi connectivity index (χ2n) is 7.23. The maximum atomic E-state index is 13.1. The number of ether oxygens (including phenoxy) is 1. The molecule has 0 spiro atoms. The lowest BCUT2D eigenvalue weighted by atomic mass is 9.95. The van der Waals surface area contributed by atoms with E-state index in [9.17, 15) is 19.5 Å². The smallest absolute Gasteiger partial charge is 0.308 e. The lowest BCUT2D eigenvalue weighted by Gasteiger charge is -2.25. The van der Waals surface area contributed by atoms with Crippen LogP contribution in [0.2, 0.25) is 0 Å². The maximum Gasteiger partial charge on any atom is 0.308 e. The van der Waals surface area contributed by atoms with Gasteiger partial charge in [-0.25, -0.2) is 0 Å². The van der Waals surface area contributed by atoms with Crippen LogP contribution in [0.4, 0.5) is 5.69 Å². The van der Waals surface area contributed by atoms with Crippen LogP contribution in [0.3, 0.4) is 0 Å². The molecule has 2 aromatic carbocycles. The van der Waals surface area contributed by atoms with Crippen molar-refractivity contribution in [2.24, 2.45) is 0 Å². The predicted molar refractivity (Wildman–Crippen MR) is 118 cm³/mol. The van der Waals surface area contributed by atoms with Gasteiger partial charge in [0.15, 0.2) is 0 Å². The topological polar surface area (TPSA) is 121 Å². The van der Waals surface area contributed by atoms with Gasteiger partial charge in [0.05, 0.1) is 23.2 Å². The number of pyridine rings is 1. The Balaban J connectivity index is 1.93. The van der Waals surface area contributed by atoms with Crippen molar-refractivity contribution in [3.63, 3.8) is 0 Å². The Kier molecular flexibility index (Phi) is 5.70. The van der Waals surface area contributed by atoms with Crippen LogP contribution in [-0.4, -0.2) is 27.8 Å². The van der Waals surface area contributed by atoms with E-state index in [1.54, 1.807) is 30.3 Å². The Labute approximate surface area is 189 Å². The van der Waals surface area contributed by atoms with Crippen LogP contribution in [0.1, 0.15) is 29.7 Å². The number of ketones is 1. The van der Waals surface area contributed by atoms with Gasteiger partial charge in [-0.2, -0.15) is 5.26 Å². The number of carbonyl (C=O) groups is 3. The first-order chi connectivity index (χ1) is 15.9. The molecule has 3 aromatic rings. The monoisotopic (exact) mass is 439 g/mol. The summed E-state index contributed by atoms with van der Waals surface area (Å²) in [6.45, 7) is 1.26. The number of aromatic nitrogens is 1. The number of hydrogen-bond donors (Lipinski definition) is 1. The van der Waals surface area contributed by atoms with E-state index in [-0.39, 0.29) is 17.1 Å². The number of amides is 1. The van der Waals surface area contributed by atoms with Gasteiger partial charge in [0.25, 0.3) is 11.7 Å². The van der Waals surface area contributed by atoms with Crippen LogP contribution >= 0.6 is 0 Å². The molecule has 1 aliphatic rings. The number of aliphatic hydroxyl groups excluding tert-OH is 1. The second kappa shape index (κ2) is 8.77. The molecule has 33 heavy (non-hydrogen) atoms. The summed E-state index contributed by atoms with van der Waals surface area (Å²) < 4.78 is 5.17. The molecule has 4 rings (SSSR count). The first kappa shape index (κ1) is 21.5. The predicted octanol–water partition coefficient (Wildman–Crippen LogP) is 3.50. The Morgan fingerprint density at radius 2 is 1.79 bits per heavy atom. The van der Waals surface area contributed by atoms with Crippen molar-refractivity contribution >= 4 is 29.1 Å². The van der Waals surface area contributed by atoms with Gasteiger partial charge in [-0.05, 0) is 54.1 Å². The van der Waals surface area contributed by atoms with Crippen LogP contribution in [0.5, 0.6) is 5.75 Å². The molecule has 1 atom stereocenters. The molecule has 1 aromatic heterocycles. The SMILES string of the molecule is CC(=O)Oc1cccc(C2/C(=C(/O)c3ccncc3)C(=O)C(=O)N2c2ccc(C#N)cc2)c1. The number of anilines is 1. The van der Waals surface area contributed by atoms with Gasteiger partial charge < -0.3 is 9.84 Å². The van der Waals surface area contributed by atoms with Gasteiger partial charge >= 0.3 is 5.97 Å².